The van der Waals surface area contributed by atoms with E-state index in [4.69, 9.17) is 11.6 Å². The summed E-state index contributed by atoms with van der Waals surface area (Å²) in [5.74, 6) is -1.22. The molecular formula is C20H15BrClF2N7O2. The topological polar surface area (TPSA) is 106 Å². The monoisotopic (exact) mass is 537 g/mol. The zero-order valence-electron chi connectivity index (χ0n) is 16.9. The number of hydrogen-bond donors (Lipinski definition) is 2. The number of alkyl halides is 2. The van der Waals surface area contributed by atoms with E-state index in [-0.39, 0.29) is 27.9 Å². The minimum Gasteiger partial charge on any atom is -0.345 e. The molecule has 0 saturated heterocycles. The van der Waals surface area contributed by atoms with E-state index in [0.29, 0.717) is 15.7 Å². The third-order valence-electron chi connectivity index (χ3n) is 4.60. The summed E-state index contributed by atoms with van der Waals surface area (Å²) in [6, 6.07) is 8.05. The number of anilines is 1. The highest BCUT2D eigenvalue weighted by Gasteiger charge is 2.24. The quantitative estimate of drug-likeness (QED) is 0.388. The van der Waals surface area contributed by atoms with Crippen LogP contribution in [0.4, 0.5) is 14.5 Å². The third-order valence-corrected chi connectivity index (χ3v) is 5.28. The van der Waals surface area contributed by atoms with Crippen LogP contribution in [-0.2, 0) is 0 Å². The minimum absolute atomic E-state index is 0.0707. The van der Waals surface area contributed by atoms with Crippen LogP contribution in [0, 0.1) is 6.92 Å². The highest BCUT2D eigenvalue weighted by molar-refractivity contribution is 9.10. The van der Waals surface area contributed by atoms with Gasteiger partial charge in [0.15, 0.2) is 11.5 Å². The van der Waals surface area contributed by atoms with Crippen molar-refractivity contribution in [3.63, 3.8) is 0 Å². The van der Waals surface area contributed by atoms with Crippen molar-refractivity contribution >= 4 is 50.5 Å². The Kier molecular flexibility index (Phi) is 6.38. The Morgan fingerprint density at radius 3 is 2.73 bits per heavy atom. The van der Waals surface area contributed by atoms with Crippen molar-refractivity contribution in [1.82, 2.24) is 29.7 Å². The number of pyridine rings is 2. The number of aromatic nitrogens is 5. The van der Waals surface area contributed by atoms with Crippen LogP contribution in [0.1, 0.15) is 26.5 Å². The summed E-state index contributed by atoms with van der Waals surface area (Å²) in [6.45, 7) is 0.830. The fourth-order valence-corrected chi connectivity index (χ4v) is 3.78. The molecule has 0 radical (unpaired) electrons. The summed E-state index contributed by atoms with van der Waals surface area (Å²) in [4.78, 5) is 30.2. The van der Waals surface area contributed by atoms with Gasteiger partial charge in [0.05, 0.1) is 29.0 Å². The molecule has 0 atom stereocenters. The van der Waals surface area contributed by atoms with Crippen LogP contribution in [0.2, 0.25) is 5.02 Å². The number of halogens is 4. The van der Waals surface area contributed by atoms with Crippen molar-refractivity contribution < 1.29 is 18.4 Å². The lowest BCUT2D eigenvalue weighted by atomic mass is 10.1. The highest BCUT2D eigenvalue weighted by Crippen LogP contribution is 2.26. The molecular weight excluding hydrogens is 524 g/mol. The molecule has 0 aliphatic rings. The Hall–Kier alpha value is -3.38. The Bertz CT molecular complexity index is 1370. The van der Waals surface area contributed by atoms with Crippen LogP contribution in [0.15, 0.2) is 47.3 Å². The van der Waals surface area contributed by atoms with Gasteiger partial charge in [0.25, 0.3) is 18.2 Å². The van der Waals surface area contributed by atoms with E-state index in [1.54, 1.807) is 31.2 Å². The Morgan fingerprint density at radius 2 is 2.00 bits per heavy atom. The van der Waals surface area contributed by atoms with Crippen LogP contribution in [-0.4, -0.2) is 49.2 Å². The van der Waals surface area contributed by atoms with Gasteiger partial charge in [0.1, 0.15) is 10.3 Å². The second-order valence-corrected chi connectivity index (χ2v) is 8.07. The van der Waals surface area contributed by atoms with Crippen molar-refractivity contribution in [3.05, 3.63) is 69.3 Å². The van der Waals surface area contributed by atoms with Crippen LogP contribution in [0.3, 0.4) is 0 Å². The molecule has 4 heterocycles. The first-order chi connectivity index (χ1) is 15.8. The third kappa shape index (κ3) is 4.57. The van der Waals surface area contributed by atoms with Gasteiger partial charge in [0.2, 0.25) is 0 Å². The molecule has 2 N–H and O–H groups in total. The maximum absolute atomic E-state index is 13.3. The molecule has 0 aliphatic carbocycles. The van der Waals surface area contributed by atoms with Crippen molar-refractivity contribution in [2.24, 2.45) is 0 Å². The lowest BCUT2D eigenvalue weighted by molar-refractivity contribution is 0.0885. The van der Waals surface area contributed by atoms with E-state index in [2.05, 4.69) is 41.7 Å². The van der Waals surface area contributed by atoms with Gasteiger partial charge < -0.3 is 10.6 Å². The number of carbonyl (C=O) groups is 2. The predicted molar refractivity (Wildman–Crippen MR) is 120 cm³/mol. The molecule has 4 aromatic heterocycles. The second kappa shape index (κ2) is 9.24. The van der Waals surface area contributed by atoms with Crippen molar-refractivity contribution in [2.75, 3.05) is 11.9 Å². The molecule has 2 amide bonds. The molecule has 0 spiro atoms. The molecule has 0 aliphatic heterocycles. The van der Waals surface area contributed by atoms with Gasteiger partial charge >= 0.3 is 0 Å². The van der Waals surface area contributed by atoms with E-state index in [1.165, 1.54) is 27.7 Å². The minimum atomic E-state index is -2.74. The smallest absolute Gasteiger partial charge is 0.274 e. The molecule has 4 rings (SSSR count). The summed E-state index contributed by atoms with van der Waals surface area (Å²) < 4.78 is 28.2. The molecule has 33 heavy (non-hydrogen) atoms. The Balaban J connectivity index is 1.77. The van der Waals surface area contributed by atoms with E-state index < -0.39 is 24.8 Å². The number of nitrogens with one attached hydrogen (secondary N) is 2. The van der Waals surface area contributed by atoms with E-state index in [1.807, 2.05) is 0 Å². The molecule has 4 aromatic rings. The average Bonchev–Trinajstić information content (AvgIpc) is 3.38. The van der Waals surface area contributed by atoms with Gasteiger partial charge in [-0.05, 0) is 52.7 Å². The van der Waals surface area contributed by atoms with Crippen molar-refractivity contribution in [2.45, 2.75) is 13.3 Å². The first-order valence-electron chi connectivity index (χ1n) is 9.47. The molecule has 170 valence electrons. The number of nitrogens with zero attached hydrogens (tertiary/aromatic N) is 5. The molecule has 13 heteroatoms. The normalized spacial score (nSPS) is 11.2. The number of carbonyl (C=O) groups excluding carboxylic acids is 2. The molecule has 9 nitrogen and oxygen atoms in total. The second-order valence-electron chi connectivity index (χ2n) is 6.85. The summed E-state index contributed by atoms with van der Waals surface area (Å²) in [6.07, 6.45) is 0.221. The van der Waals surface area contributed by atoms with Crippen LogP contribution >= 0.6 is 27.5 Å². The van der Waals surface area contributed by atoms with Gasteiger partial charge in [-0.2, -0.15) is 10.2 Å². The fourth-order valence-electron chi connectivity index (χ4n) is 3.20. The van der Waals surface area contributed by atoms with Crippen molar-refractivity contribution in [3.8, 4) is 5.82 Å². The van der Waals surface area contributed by atoms with Gasteiger partial charge in [-0.25, -0.2) is 23.0 Å². The largest absolute Gasteiger partial charge is 0.345 e. The highest BCUT2D eigenvalue weighted by atomic mass is 79.9. The molecule has 0 bridgehead atoms. The van der Waals surface area contributed by atoms with Crippen LogP contribution in [0.25, 0.3) is 11.3 Å². The fraction of sp³-hybridized carbons (Fsp3) is 0.150. The maximum atomic E-state index is 13.3. The Labute approximate surface area is 198 Å². The van der Waals surface area contributed by atoms with Crippen LogP contribution < -0.4 is 10.6 Å². The zero-order chi connectivity index (χ0) is 23.7. The number of hydrogen-bond acceptors (Lipinski definition) is 5. The summed E-state index contributed by atoms with van der Waals surface area (Å²) >= 11 is 9.45. The van der Waals surface area contributed by atoms with Gasteiger partial charge in [-0.3, -0.25) is 9.59 Å². The van der Waals surface area contributed by atoms with Gasteiger partial charge in [0, 0.05) is 12.3 Å². The summed E-state index contributed by atoms with van der Waals surface area (Å²) in [5, 5.41) is 13.4. The number of fused-ring (bicyclic) bond motifs is 1. The van der Waals surface area contributed by atoms with E-state index in [0.717, 1.165) is 0 Å². The maximum Gasteiger partial charge on any atom is 0.274 e. The zero-order valence-corrected chi connectivity index (χ0v) is 19.2. The number of aryl methyl sites for hydroxylation is 1. The lowest BCUT2D eigenvalue weighted by Crippen LogP contribution is -2.32. The number of amides is 2. The van der Waals surface area contributed by atoms with E-state index >= 15 is 0 Å². The van der Waals surface area contributed by atoms with Crippen LogP contribution in [0.5, 0.6) is 0 Å². The average molecular weight is 539 g/mol. The number of rotatable bonds is 6. The summed E-state index contributed by atoms with van der Waals surface area (Å²) in [7, 11) is 0. The molecule has 0 saturated carbocycles. The molecule has 0 fully saturated rings. The Morgan fingerprint density at radius 1 is 1.21 bits per heavy atom. The van der Waals surface area contributed by atoms with Crippen molar-refractivity contribution in [1.29, 1.82) is 0 Å². The van der Waals surface area contributed by atoms with E-state index in [9.17, 15) is 18.4 Å². The molecule has 0 unspecified atom stereocenters. The first-order valence-corrected chi connectivity index (χ1v) is 10.6. The lowest BCUT2D eigenvalue weighted by Gasteiger charge is -2.16. The van der Waals surface area contributed by atoms with Gasteiger partial charge in [-0.1, -0.05) is 11.6 Å². The molecule has 0 aromatic carbocycles. The standard InChI is InChI=1S/C20H15BrClF2N7O2/c1-10-7-11-4-6-27-30(11)17(20(33)26-9-15(23)24)16(10)28-19(32)13-8-14(21)29-31(13)18-12(22)3-2-5-25-18/h2-8,15H,9H2,1H3,(H,26,33)(H,28,32). The first kappa shape index (κ1) is 22.8. The van der Waals surface area contributed by atoms with Gasteiger partial charge in [-0.15, -0.1) is 0 Å². The predicted octanol–water partition coefficient (Wildman–Crippen LogP) is 3.89. The SMILES string of the molecule is Cc1cc2ccnn2c(C(=O)NCC(F)F)c1NC(=O)c1cc(Br)nn1-c1ncccc1Cl. The summed E-state index contributed by atoms with van der Waals surface area (Å²) in [5.41, 5.74) is 1.17.